The predicted molar refractivity (Wildman–Crippen MR) is 72.6 cm³/mol. The Morgan fingerprint density at radius 1 is 1.60 bits per heavy atom. The van der Waals surface area contributed by atoms with E-state index >= 15 is 0 Å². The normalized spacial score (nSPS) is 22.7. The summed E-state index contributed by atoms with van der Waals surface area (Å²) >= 11 is 0. The lowest BCUT2D eigenvalue weighted by Gasteiger charge is -2.37. The molecule has 2 rings (SSSR count). The van der Waals surface area contributed by atoms with Gasteiger partial charge in [0.15, 0.2) is 0 Å². The second-order valence-corrected chi connectivity index (χ2v) is 4.96. The highest BCUT2D eigenvalue weighted by Gasteiger charge is 2.40. The number of carbonyl (C=O) groups excluding carboxylic acids is 2. The molecule has 0 unspecified atom stereocenters. The van der Waals surface area contributed by atoms with Crippen molar-refractivity contribution in [3.05, 3.63) is 30.6 Å². The van der Waals surface area contributed by atoms with Gasteiger partial charge >= 0.3 is 5.97 Å². The van der Waals surface area contributed by atoms with Crippen molar-refractivity contribution in [2.24, 2.45) is 13.0 Å². The molecule has 1 aliphatic rings. The molecule has 20 heavy (non-hydrogen) atoms. The van der Waals surface area contributed by atoms with Crippen molar-refractivity contribution >= 4 is 11.9 Å². The van der Waals surface area contributed by atoms with Gasteiger partial charge in [0.1, 0.15) is 6.61 Å². The predicted octanol–water partition coefficient (Wildman–Crippen LogP) is 1.06. The first-order valence-corrected chi connectivity index (χ1v) is 6.56. The third-order valence-corrected chi connectivity index (χ3v) is 3.57. The van der Waals surface area contributed by atoms with Crippen LogP contribution in [0.2, 0.25) is 0 Å². The Kier molecular flexibility index (Phi) is 4.22. The molecule has 0 aromatic carbocycles. The topological polar surface area (TPSA) is 64.4 Å². The van der Waals surface area contributed by atoms with Crippen molar-refractivity contribution in [1.29, 1.82) is 0 Å². The summed E-state index contributed by atoms with van der Waals surface area (Å²) in [6, 6.07) is -0.317. The maximum Gasteiger partial charge on any atom is 0.311 e. The van der Waals surface area contributed by atoms with Crippen LogP contribution in [-0.4, -0.2) is 40.2 Å². The second kappa shape index (κ2) is 5.90. The third kappa shape index (κ3) is 2.74. The van der Waals surface area contributed by atoms with E-state index in [0.717, 1.165) is 5.56 Å². The molecule has 1 aromatic rings. The Morgan fingerprint density at radius 2 is 2.35 bits per heavy atom. The van der Waals surface area contributed by atoms with Gasteiger partial charge in [-0.25, -0.2) is 0 Å². The SMILES string of the molecule is C=CCOC(=O)[C@H]1CCC(=O)N(C)[C@@H]1c1cnn(C)c1. The summed E-state index contributed by atoms with van der Waals surface area (Å²) < 4.78 is 6.81. The van der Waals surface area contributed by atoms with Crippen LogP contribution in [0.25, 0.3) is 0 Å². The first-order chi connectivity index (χ1) is 9.54. The number of aryl methyl sites for hydroxylation is 1. The Hall–Kier alpha value is -2.11. The number of aromatic nitrogens is 2. The lowest BCUT2D eigenvalue weighted by atomic mass is 9.86. The Labute approximate surface area is 118 Å². The van der Waals surface area contributed by atoms with Gasteiger partial charge in [-0.15, -0.1) is 0 Å². The minimum atomic E-state index is -0.359. The molecule has 0 spiro atoms. The van der Waals surface area contributed by atoms with Gasteiger partial charge in [0.25, 0.3) is 0 Å². The molecule has 0 bridgehead atoms. The summed E-state index contributed by atoms with van der Waals surface area (Å²) in [4.78, 5) is 25.7. The molecule has 1 saturated heterocycles. The maximum absolute atomic E-state index is 12.2. The van der Waals surface area contributed by atoms with E-state index in [-0.39, 0.29) is 30.4 Å². The zero-order valence-electron chi connectivity index (χ0n) is 11.8. The highest BCUT2D eigenvalue weighted by molar-refractivity contribution is 5.82. The van der Waals surface area contributed by atoms with E-state index in [4.69, 9.17) is 4.74 Å². The summed E-state index contributed by atoms with van der Waals surface area (Å²) in [6.45, 7) is 3.72. The van der Waals surface area contributed by atoms with Crippen molar-refractivity contribution in [1.82, 2.24) is 14.7 Å². The average Bonchev–Trinajstić information content (AvgIpc) is 2.85. The molecule has 0 aliphatic carbocycles. The number of ether oxygens (including phenoxy) is 1. The molecule has 6 heteroatoms. The molecule has 1 aliphatic heterocycles. The summed E-state index contributed by atoms with van der Waals surface area (Å²) in [6.07, 6.45) is 5.91. The van der Waals surface area contributed by atoms with E-state index in [1.54, 1.807) is 29.9 Å². The van der Waals surface area contributed by atoms with Crippen LogP contribution in [0.4, 0.5) is 0 Å². The van der Waals surface area contributed by atoms with Gasteiger partial charge in [-0.2, -0.15) is 5.10 Å². The monoisotopic (exact) mass is 277 g/mol. The molecule has 0 N–H and O–H groups in total. The molecule has 0 radical (unpaired) electrons. The fraction of sp³-hybridized carbons (Fsp3) is 0.500. The summed E-state index contributed by atoms with van der Waals surface area (Å²) in [5.74, 6) is -0.619. The van der Waals surface area contributed by atoms with E-state index in [9.17, 15) is 9.59 Å². The number of nitrogens with zero attached hydrogens (tertiary/aromatic N) is 3. The number of esters is 1. The van der Waals surface area contributed by atoms with Crippen LogP contribution in [-0.2, 0) is 21.4 Å². The minimum Gasteiger partial charge on any atom is -0.461 e. The Bertz CT molecular complexity index is 523. The van der Waals surface area contributed by atoms with Gasteiger partial charge in [-0.05, 0) is 6.42 Å². The van der Waals surface area contributed by atoms with Crippen LogP contribution in [0.1, 0.15) is 24.4 Å². The fourth-order valence-electron chi connectivity index (χ4n) is 2.58. The molecule has 6 nitrogen and oxygen atoms in total. The van der Waals surface area contributed by atoms with Gasteiger partial charge in [-0.3, -0.25) is 14.3 Å². The van der Waals surface area contributed by atoms with Crippen LogP contribution in [0, 0.1) is 5.92 Å². The van der Waals surface area contributed by atoms with Crippen LogP contribution in [0.15, 0.2) is 25.0 Å². The number of likely N-dealkylation sites (tertiary alicyclic amines) is 1. The number of carbonyl (C=O) groups is 2. The van der Waals surface area contributed by atoms with Crippen LogP contribution in [0.3, 0.4) is 0 Å². The standard InChI is InChI=1S/C14H19N3O3/c1-4-7-20-14(19)11-5-6-12(18)17(3)13(11)10-8-15-16(2)9-10/h4,8-9,11,13H,1,5-7H2,2-3H3/t11-,13+/m0/s1. The molecular weight excluding hydrogens is 258 g/mol. The van der Waals surface area contributed by atoms with Gasteiger partial charge in [-0.1, -0.05) is 12.7 Å². The van der Waals surface area contributed by atoms with Gasteiger partial charge < -0.3 is 9.64 Å². The molecule has 0 saturated carbocycles. The minimum absolute atomic E-state index is 0.0339. The Morgan fingerprint density at radius 3 is 2.95 bits per heavy atom. The first-order valence-electron chi connectivity index (χ1n) is 6.56. The summed E-state index contributed by atoms with van der Waals surface area (Å²) in [5, 5.41) is 4.12. The molecule has 108 valence electrons. The number of piperidine rings is 1. The summed E-state index contributed by atoms with van der Waals surface area (Å²) in [7, 11) is 3.52. The average molecular weight is 277 g/mol. The van der Waals surface area contributed by atoms with E-state index in [2.05, 4.69) is 11.7 Å². The van der Waals surface area contributed by atoms with Gasteiger partial charge in [0.05, 0.1) is 18.2 Å². The lowest BCUT2D eigenvalue weighted by Crippen LogP contribution is -2.43. The quantitative estimate of drug-likeness (QED) is 0.610. The zero-order valence-corrected chi connectivity index (χ0v) is 11.8. The number of hydrogen-bond donors (Lipinski definition) is 0. The number of amides is 1. The maximum atomic E-state index is 12.2. The molecule has 1 aromatic heterocycles. The van der Waals surface area contributed by atoms with Crippen LogP contribution in [0.5, 0.6) is 0 Å². The first kappa shape index (κ1) is 14.3. The highest BCUT2D eigenvalue weighted by atomic mass is 16.5. The van der Waals surface area contributed by atoms with E-state index < -0.39 is 0 Å². The van der Waals surface area contributed by atoms with Crippen LogP contribution >= 0.6 is 0 Å². The number of hydrogen-bond acceptors (Lipinski definition) is 4. The van der Waals surface area contributed by atoms with Crippen molar-refractivity contribution in [3.8, 4) is 0 Å². The molecule has 1 amide bonds. The second-order valence-electron chi connectivity index (χ2n) is 4.96. The zero-order chi connectivity index (χ0) is 14.7. The smallest absolute Gasteiger partial charge is 0.311 e. The lowest BCUT2D eigenvalue weighted by molar-refractivity contribution is -0.155. The summed E-state index contributed by atoms with van der Waals surface area (Å²) in [5.41, 5.74) is 0.851. The van der Waals surface area contributed by atoms with Crippen molar-refractivity contribution in [3.63, 3.8) is 0 Å². The molecular formula is C14H19N3O3. The van der Waals surface area contributed by atoms with Crippen LogP contribution < -0.4 is 0 Å². The fourth-order valence-corrected chi connectivity index (χ4v) is 2.58. The van der Waals surface area contributed by atoms with Gasteiger partial charge in [0.2, 0.25) is 5.91 Å². The van der Waals surface area contributed by atoms with E-state index in [0.29, 0.717) is 12.8 Å². The van der Waals surface area contributed by atoms with Crippen molar-refractivity contribution in [2.45, 2.75) is 18.9 Å². The van der Waals surface area contributed by atoms with Crippen molar-refractivity contribution in [2.75, 3.05) is 13.7 Å². The van der Waals surface area contributed by atoms with E-state index in [1.165, 1.54) is 6.08 Å². The van der Waals surface area contributed by atoms with E-state index in [1.807, 2.05) is 6.20 Å². The molecule has 2 heterocycles. The Balaban J connectivity index is 2.26. The highest BCUT2D eigenvalue weighted by Crippen LogP contribution is 2.36. The van der Waals surface area contributed by atoms with Crippen molar-refractivity contribution < 1.29 is 14.3 Å². The number of rotatable bonds is 4. The molecule has 1 fully saturated rings. The molecule has 2 atom stereocenters. The third-order valence-electron chi connectivity index (χ3n) is 3.57. The van der Waals surface area contributed by atoms with Gasteiger partial charge in [0, 0.05) is 32.3 Å². The largest absolute Gasteiger partial charge is 0.461 e.